The van der Waals surface area contributed by atoms with Crippen molar-refractivity contribution in [3.8, 4) is 0 Å². The van der Waals surface area contributed by atoms with Crippen LogP contribution in [0, 0.1) is 12.7 Å². The number of nitrogens with one attached hydrogen (secondary N) is 1. The molecule has 0 saturated heterocycles. The van der Waals surface area contributed by atoms with Crippen molar-refractivity contribution < 1.29 is 9.18 Å². The van der Waals surface area contributed by atoms with Crippen molar-refractivity contribution in [1.82, 2.24) is 20.3 Å². The predicted octanol–water partition coefficient (Wildman–Crippen LogP) is 3.13. The Labute approximate surface area is 173 Å². The third kappa shape index (κ3) is 3.32. The summed E-state index contributed by atoms with van der Waals surface area (Å²) < 4.78 is 14.6. The first kappa shape index (κ1) is 18.4. The molecule has 2 aromatic carbocycles. The lowest BCUT2D eigenvalue weighted by Crippen LogP contribution is -2.26. The van der Waals surface area contributed by atoms with E-state index < -0.39 is 5.82 Å². The first-order valence-electron chi connectivity index (χ1n) is 9.85. The molecular formula is C23H20FN5O. The zero-order valence-electron chi connectivity index (χ0n) is 16.5. The van der Waals surface area contributed by atoms with Gasteiger partial charge >= 0.3 is 0 Å². The Morgan fingerprint density at radius 3 is 2.93 bits per heavy atom. The van der Waals surface area contributed by atoms with Crippen molar-refractivity contribution in [1.29, 1.82) is 0 Å². The van der Waals surface area contributed by atoms with E-state index in [9.17, 15) is 9.18 Å². The summed E-state index contributed by atoms with van der Waals surface area (Å²) in [4.78, 5) is 23.3. The number of aryl methyl sites for hydroxylation is 1. The van der Waals surface area contributed by atoms with E-state index in [0.29, 0.717) is 31.9 Å². The minimum Gasteiger partial charge on any atom is -0.328 e. The third-order valence-corrected chi connectivity index (χ3v) is 5.51. The molecule has 3 heterocycles. The Bertz CT molecular complexity index is 1190. The molecule has 6 nitrogen and oxygen atoms in total. The summed E-state index contributed by atoms with van der Waals surface area (Å²) in [6, 6.07) is 12.8. The van der Waals surface area contributed by atoms with Gasteiger partial charge < -0.3 is 10.3 Å². The van der Waals surface area contributed by atoms with Crippen molar-refractivity contribution in [2.24, 2.45) is 5.10 Å². The van der Waals surface area contributed by atoms with E-state index in [-0.39, 0.29) is 11.5 Å². The zero-order chi connectivity index (χ0) is 20.7. The van der Waals surface area contributed by atoms with Gasteiger partial charge in [0.2, 0.25) is 0 Å². The van der Waals surface area contributed by atoms with Crippen molar-refractivity contribution in [3.05, 3.63) is 93.8 Å². The Morgan fingerprint density at radius 2 is 2.03 bits per heavy atom. The lowest BCUT2D eigenvalue weighted by molar-refractivity contribution is 0.0745. The molecule has 30 heavy (non-hydrogen) atoms. The number of nitrogens with zero attached hydrogens (tertiary/aromatic N) is 4. The summed E-state index contributed by atoms with van der Waals surface area (Å²) in [5.41, 5.74) is 8.82. The molecule has 7 heteroatoms. The van der Waals surface area contributed by atoms with Gasteiger partial charge in [-0.1, -0.05) is 30.3 Å². The molecule has 3 aromatic rings. The highest BCUT2D eigenvalue weighted by Crippen LogP contribution is 2.24. The van der Waals surface area contributed by atoms with E-state index in [1.54, 1.807) is 23.2 Å². The highest BCUT2D eigenvalue weighted by atomic mass is 19.1. The lowest BCUT2D eigenvalue weighted by Gasteiger charge is -2.19. The van der Waals surface area contributed by atoms with Crippen LogP contribution in [0.4, 0.5) is 4.39 Å². The van der Waals surface area contributed by atoms with E-state index in [4.69, 9.17) is 0 Å². The van der Waals surface area contributed by atoms with Crippen LogP contribution in [0.3, 0.4) is 0 Å². The van der Waals surface area contributed by atoms with E-state index in [2.05, 4.69) is 26.6 Å². The SMILES string of the molecule is Cc1ncc2c(n1)CN(C(=O)c1cc(CC3=NNCc4ccccc43)ccc1F)C2. The van der Waals surface area contributed by atoms with Crippen LogP contribution in [0.1, 0.15) is 44.1 Å². The molecule has 0 fully saturated rings. The molecule has 2 aliphatic rings. The molecule has 1 N–H and O–H groups in total. The number of amides is 1. The number of benzene rings is 2. The summed E-state index contributed by atoms with van der Waals surface area (Å²) in [6.45, 7) is 3.26. The predicted molar refractivity (Wildman–Crippen MR) is 110 cm³/mol. The quantitative estimate of drug-likeness (QED) is 0.732. The number of hydrazone groups is 1. The van der Waals surface area contributed by atoms with Gasteiger partial charge in [-0.15, -0.1) is 0 Å². The number of hydrogen-bond acceptors (Lipinski definition) is 5. The molecule has 0 unspecified atom stereocenters. The Hall–Kier alpha value is -3.61. The second-order valence-corrected chi connectivity index (χ2v) is 7.59. The molecule has 5 rings (SSSR count). The zero-order valence-corrected chi connectivity index (χ0v) is 16.5. The molecule has 150 valence electrons. The van der Waals surface area contributed by atoms with Crippen LogP contribution in [-0.4, -0.2) is 26.5 Å². The first-order chi connectivity index (χ1) is 14.6. The topological polar surface area (TPSA) is 70.5 Å². The van der Waals surface area contributed by atoms with Crippen molar-refractivity contribution in [3.63, 3.8) is 0 Å². The van der Waals surface area contributed by atoms with Gasteiger partial charge in [0.15, 0.2) is 0 Å². The summed E-state index contributed by atoms with van der Waals surface area (Å²) in [6.07, 6.45) is 2.25. The van der Waals surface area contributed by atoms with Gasteiger partial charge in [0.1, 0.15) is 11.6 Å². The monoisotopic (exact) mass is 401 g/mol. The normalized spacial score (nSPS) is 14.6. The van der Waals surface area contributed by atoms with Gasteiger partial charge in [-0.2, -0.15) is 5.10 Å². The van der Waals surface area contributed by atoms with E-state index in [1.807, 2.05) is 25.1 Å². The van der Waals surface area contributed by atoms with E-state index in [1.165, 1.54) is 11.6 Å². The number of halogens is 1. The minimum atomic E-state index is -0.522. The standard InChI is InChI=1S/C23H20FN5O/c1-14-25-10-17-12-29(13-22(17)27-14)23(30)19-8-15(6-7-20(19)24)9-21-18-5-3-2-4-16(18)11-26-28-21/h2-8,10,26H,9,11-13H2,1H3. The van der Waals surface area contributed by atoms with Gasteiger partial charge in [0.25, 0.3) is 5.91 Å². The molecule has 0 atom stereocenters. The van der Waals surface area contributed by atoms with Crippen LogP contribution in [-0.2, 0) is 26.1 Å². The number of aromatic nitrogens is 2. The van der Waals surface area contributed by atoms with Crippen LogP contribution >= 0.6 is 0 Å². The number of rotatable bonds is 3. The Morgan fingerprint density at radius 1 is 1.17 bits per heavy atom. The number of carbonyl (C=O) groups is 1. The van der Waals surface area contributed by atoms with Crippen LogP contribution < -0.4 is 5.43 Å². The fourth-order valence-corrected chi connectivity index (χ4v) is 3.98. The molecule has 2 aliphatic heterocycles. The van der Waals surface area contributed by atoms with Gasteiger partial charge in [-0.3, -0.25) is 4.79 Å². The molecule has 0 aliphatic carbocycles. The van der Waals surface area contributed by atoms with E-state index >= 15 is 0 Å². The van der Waals surface area contributed by atoms with Crippen molar-refractivity contribution in [2.75, 3.05) is 0 Å². The van der Waals surface area contributed by atoms with Crippen molar-refractivity contribution >= 4 is 11.6 Å². The molecule has 0 radical (unpaired) electrons. The second kappa shape index (κ2) is 7.33. The van der Waals surface area contributed by atoms with Crippen molar-refractivity contribution in [2.45, 2.75) is 33.0 Å². The average molecular weight is 401 g/mol. The molecule has 1 aromatic heterocycles. The van der Waals surface area contributed by atoms with Crippen LogP contribution in [0.15, 0.2) is 53.8 Å². The highest BCUT2D eigenvalue weighted by molar-refractivity contribution is 6.03. The summed E-state index contributed by atoms with van der Waals surface area (Å²) in [5, 5.41) is 4.44. The number of fused-ring (bicyclic) bond motifs is 2. The molecule has 0 saturated carbocycles. The lowest BCUT2D eigenvalue weighted by atomic mass is 9.96. The van der Waals surface area contributed by atoms with Crippen LogP contribution in [0.25, 0.3) is 0 Å². The summed E-state index contributed by atoms with van der Waals surface area (Å²) in [5.74, 6) is -0.196. The highest BCUT2D eigenvalue weighted by Gasteiger charge is 2.28. The minimum absolute atomic E-state index is 0.0719. The van der Waals surface area contributed by atoms with Gasteiger partial charge in [-0.25, -0.2) is 14.4 Å². The van der Waals surface area contributed by atoms with Gasteiger partial charge in [0, 0.05) is 30.3 Å². The third-order valence-electron chi connectivity index (χ3n) is 5.51. The fourth-order valence-electron chi connectivity index (χ4n) is 3.98. The Kier molecular flexibility index (Phi) is 4.50. The van der Waals surface area contributed by atoms with Gasteiger partial charge in [-0.05, 0) is 30.2 Å². The number of hydrogen-bond donors (Lipinski definition) is 1. The Balaban J connectivity index is 1.39. The molecule has 0 spiro atoms. The smallest absolute Gasteiger partial charge is 0.257 e. The first-order valence-corrected chi connectivity index (χ1v) is 9.85. The summed E-state index contributed by atoms with van der Waals surface area (Å²) >= 11 is 0. The molecule has 0 bridgehead atoms. The maximum atomic E-state index is 14.6. The second-order valence-electron chi connectivity index (χ2n) is 7.59. The molecule has 1 amide bonds. The van der Waals surface area contributed by atoms with E-state index in [0.717, 1.165) is 28.1 Å². The van der Waals surface area contributed by atoms with Crippen LogP contribution in [0.5, 0.6) is 0 Å². The maximum Gasteiger partial charge on any atom is 0.257 e. The molecular weight excluding hydrogens is 381 g/mol. The maximum absolute atomic E-state index is 14.6. The van der Waals surface area contributed by atoms with Gasteiger partial charge in [0.05, 0.1) is 30.1 Å². The summed E-state index contributed by atoms with van der Waals surface area (Å²) in [7, 11) is 0. The average Bonchev–Trinajstić information content (AvgIpc) is 3.18. The fraction of sp³-hybridized carbons (Fsp3) is 0.217. The largest absolute Gasteiger partial charge is 0.328 e. The van der Waals surface area contributed by atoms with Crippen LogP contribution in [0.2, 0.25) is 0 Å². The number of carbonyl (C=O) groups excluding carboxylic acids is 1.